The van der Waals surface area contributed by atoms with Crippen molar-refractivity contribution in [3.05, 3.63) is 24.0 Å². The van der Waals surface area contributed by atoms with Crippen LogP contribution in [-0.4, -0.2) is 23.9 Å². The lowest BCUT2D eigenvalue weighted by molar-refractivity contribution is -0.144. The number of alkyl halides is 3. The monoisotopic (exact) mass is 246 g/mol. The highest BCUT2D eigenvalue weighted by Crippen LogP contribution is 2.31. The van der Waals surface area contributed by atoms with Gasteiger partial charge in [0.25, 0.3) is 0 Å². The number of methoxy groups -OCH3 is 1. The van der Waals surface area contributed by atoms with Gasteiger partial charge in [0.2, 0.25) is 5.82 Å². The zero-order valence-corrected chi connectivity index (χ0v) is 8.84. The number of aromatic nitrogens is 2. The SMILES string of the molecule is COCOc1cccc2[nH]c(C(F)(F)F)nc12. The molecule has 0 radical (unpaired) electrons. The summed E-state index contributed by atoms with van der Waals surface area (Å²) < 4.78 is 47.2. The molecule has 2 aromatic rings. The van der Waals surface area contributed by atoms with E-state index in [0.717, 1.165) is 0 Å². The fourth-order valence-corrected chi connectivity index (χ4v) is 1.38. The van der Waals surface area contributed by atoms with Gasteiger partial charge in [-0.1, -0.05) is 6.07 Å². The van der Waals surface area contributed by atoms with Gasteiger partial charge in [-0.15, -0.1) is 0 Å². The zero-order chi connectivity index (χ0) is 12.5. The molecular formula is C10H9F3N2O2. The number of ether oxygens (including phenoxy) is 2. The van der Waals surface area contributed by atoms with Crippen LogP contribution < -0.4 is 4.74 Å². The molecule has 0 saturated carbocycles. The number of aromatic amines is 1. The fourth-order valence-electron chi connectivity index (χ4n) is 1.38. The second kappa shape index (κ2) is 4.25. The van der Waals surface area contributed by atoms with Crippen molar-refractivity contribution in [2.24, 2.45) is 0 Å². The molecule has 0 saturated heterocycles. The maximum atomic E-state index is 12.5. The number of H-pyrrole nitrogens is 1. The van der Waals surface area contributed by atoms with Crippen LogP contribution in [0.5, 0.6) is 5.75 Å². The number of hydrogen-bond acceptors (Lipinski definition) is 3. The van der Waals surface area contributed by atoms with Gasteiger partial charge in [-0.3, -0.25) is 0 Å². The lowest BCUT2D eigenvalue weighted by Crippen LogP contribution is -2.07. The molecule has 0 aliphatic carbocycles. The van der Waals surface area contributed by atoms with E-state index in [4.69, 9.17) is 4.74 Å². The van der Waals surface area contributed by atoms with Crippen LogP contribution >= 0.6 is 0 Å². The van der Waals surface area contributed by atoms with Gasteiger partial charge in [0.05, 0.1) is 5.52 Å². The van der Waals surface area contributed by atoms with Gasteiger partial charge < -0.3 is 14.5 Å². The van der Waals surface area contributed by atoms with Crippen LogP contribution in [0.4, 0.5) is 13.2 Å². The van der Waals surface area contributed by atoms with Gasteiger partial charge in [-0.05, 0) is 12.1 Å². The van der Waals surface area contributed by atoms with E-state index in [1.807, 2.05) is 0 Å². The van der Waals surface area contributed by atoms with Gasteiger partial charge in [-0.2, -0.15) is 13.2 Å². The van der Waals surface area contributed by atoms with E-state index in [-0.39, 0.29) is 23.6 Å². The summed E-state index contributed by atoms with van der Waals surface area (Å²) in [5, 5.41) is 0. The molecular weight excluding hydrogens is 237 g/mol. The third kappa shape index (κ3) is 2.33. The molecule has 0 fully saturated rings. The average molecular weight is 246 g/mol. The molecule has 0 unspecified atom stereocenters. The van der Waals surface area contributed by atoms with Crippen LogP contribution in [0, 0.1) is 0 Å². The highest BCUT2D eigenvalue weighted by Gasteiger charge is 2.35. The van der Waals surface area contributed by atoms with Gasteiger partial charge in [-0.25, -0.2) is 4.98 Å². The molecule has 0 spiro atoms. The number of hydrogen-bond donors (Lipinski definition) is 1. The van der Waals surface area contributed by atoms with Gasteiger partial charge in [0.15, 0.2) is 6.79 Å². The summed E-state index contributed by atoms with van der Waals surface area (Å²) in [7, 11) is 1.42. The number of rotatable bonds is 3. The lowest BCUT2D eigenvalue weighted by Gasteiger charge is -2.04. The van der Waals surface area contributed by atoms with Crippen molar-refractivity contribution in [1.82, 2.24) is 9.97 Å². The van der Waals surface area contributed by atoms with Crippen molar-refractivity contribution < 1.29 is 22.6 Å². The second-order valence-electron chi connectivity index (χ2n) is 3.29. The molecule has 92 valence electrons. The summed E-state index contributed by atoms with van der Waals surface area (Å²) in [6, 6.07) is 4.60. The van der Waals surface area contributed by atoms with E-state index in [9.17, 15) is 13.2 Å². The zero-order valence-electron chi connectivity index (χ0n) is 8.84. The predicted molar refractivity (Wildman–Crippen MR) is 53.6 cm³/mol. The highest BCUT2D eigenvalue weighted by atomic mass is 19.4. The molecule has 1 heterocycles. The first kappa shape index (κ1) is 11.7. The average Bonchev–Trinajstić information content (AvgIpc) is 2.70. The number of fused-ring (bicyclic) bond motifs is 1. The van der Waals surface area contributed by atoms with Crippen molar-refractivity contribution in [1.29, 1.82) is 0 Å². The van der Waals surface area contributed by atoms with Crippen molar-refractivity contribution in [2.45, 2.75) is 6.18 Å². The minimum absolute atomic E-state index is 0.0483. The smallest absolute Gasteiger partial charge is 0.449 e. The fraction of sp³-hybridized carbons (Fsp3) is 0.300. The third-order valence-corrected chi connectivity index (χ3v) is 2.08. The normalized spacial score (nSPS) is 12.0. The molecule has 1 aromatic heterocycles. The third-order valence-electron chi connectivity index (χ3n) is 2.08. The van der Waals surface area contributed by atoms with Crippen LogP contribution in [0.3, 0.4) is 0 Å². The van der Waals surface area contributed by atoms with Crippen LogP contribution in [0.1, 0.15) is 5.82 Å². The van der Waals surface area contributed by atoms with E-state index in [2.05, 4.69) is 14.7 Å². The molecule has 7 heteroatoms. The van der Waals surface area contributed by atoms with Crippen molar-refractivity contribution in [3.8, 4) is 5.75 Å². The molecule has 0 aliphatic heterocycles. The van der Waals surface area contributed by atoms with Gasteiger partial charge >= 0.3 is 6.18 Å². The first-order chi connectivity index (χ1) is 8.02. The molecule has 4 nitrogen and oxygen atoms in total. The van der Waals surface area contributed by atoms with E-state index in [1.165, 1.54) is 19.2 Å². The molecule has 1 aromatic carbocycles. The summed E-state index contributed by atoms with van der Waals surface area (Å²) in [6.07, 6.45) is -4.50. The van der Waals surface area contributed by atoms with E-state index < -0.39 is 12.0 Å². The molecule has 2 rings (SSSR count). The minimum atomic E-state index is -4.50. The highest BCUT2D eigenvalue weighted by molar-refractivity contribution is 5.81. The number of imidazole rings is 1. The summed E-state index contributed by atoms with van der Waals surface area (Å²) in [5.41, 5.74) is 0.405. The minimum Gasteiger partial charge on any atom is -0.465 e. The number of nitrogens with one attached hydrogen (secondary N) is 1. The molecule has 0 bridgehead atoms. The Bertz CT molecular complexity index is 522. The predicted octanol–water partition coefficient (Wildman–Crippen LogP) is 2.56. The van der Waals surface area contributed by atoms with E-state index in [1.54, 1.807) is 6.07 Å². The molecule has 1 N–H and O–H groups in total. The lowest BCUT2D eigenvalue weighted by atomic mass is 10.3. The quantitative estimate of drug-likeness (QED) is 0.846. The Kier molecular flexibility index (Phi) is 2.93. The maximum Gasteiger partial charge on any atom is 0.449 e. The summed E-state index contributed by atoms with van der Waals surface area (Å²) in [6.45, 7) is -0.0483. The Labute approximate surface area is 94.4 Å². The van der Waals surface area contributed by atoms with Gasteiger partial charge in [0, 0.05) is 7.11 Å². The number of nitrogens with zero attached hydrogens (tertiary/aromatic N) is 1. The summed E-state index contributed by atoms with van der Waals surface area (Å²) >= 11 is 0. The van der Waals surface area contributed by atoms with Crippen LogP contribution in [0.25, 0.3) is 11.0 Å². The van der Waals surface area contributed by atoms with Crippen molar-refractivity contribution in [3.63, 3.8) is 0 Å². The Hall–Kier alpha value is -1.76. The number of para-hydroxylation sites is 1. The van der Waals surface area contributed by atoms with Gasteiger partial charge in [0.1, 0.15) is 11.3 Å². The Morgan fingerprint density at radius 3 is 2.76 bits per heavy atom. The largest absolute Gasteiger partial charge is 0.465 e. The first-order valence-electron chi connectivity index (χ1n) is 4.70. The molecule has 17 heavy (non-hydrogen) atoms. The van der Waals surface area contributed by atoms with Crippen molar-refractivity contribution >= 4 is 11.0 Å². The summed E-state index contributed by atoms with van der Waals surface area (Å²) in [4.78, 5) is 5.67. The Morgan fingerprint density at radius 1 is 1.35 bits per heavy atom. The van der Waals surface area contributed by atoms with Crippen molar-refractivity contribution in [2.75, 3.05) is 13.9 Å². The Morgan fingerprint density at radius 2 is 2.12 bits per heavy atom. The topological polar surface area (TPSA) is 47.1 Å². The first-order valence-corrected chi connectivity index (χ1v) is 4.70. The number of benzene rings is 1. The van der Waals surface area contributed by atoms with E-state index >= 15 is 0 Å². The van der Waals surface area contributed by atoms with Crippen LogP contribution in [0.15, 0.2) is 18.2 Å². The maximum absolute atomic E-state index is 12.5. The molecule has 0 amide bonds. The number of halogens is 3. The second-order valence-corrected chi connectivity index (χ2v) is 3.29. The standard InChI is InChI=1S/C10H9F3N2O2/c1-16-5-17-7-4-2-3-6-8(7)15-9(14-6)10(11,12)13/h2-4H,5H2,1H3,(H,14,15). The van der Waals surface area contributed by atoms with Crippen LogP contribution in [0.2, 0.25) is 0 Å². The molecule has 0 atom stereocenters. The van der Waals surface area contributed by atoms with Crippen LogP contribution in [-0.2, 0) is 10.9 Å². The summed E-state index contributed by atoms with van der Waals surface area (Å²) in [5.74, 6) is -0.794. The molecule has 0 aliphatic rings. The Balaban J connectivity index is 2.45. The van der Waals surface area contributed by atoms with E-state index in [0.29, 0.717) is 0 Å².